The second-order valence-electron chi connectivity index (χ2n) is 8.49. The lowest BCUT2D eigenvalue weighted by Crippen LogP contribution is -2.43. The van der Waals surface area contributed by atoms with Crippen LogP contribution in [0.25, 0.3) is 11.3 Å². The molecule has 18 nitrogen and oxygen atoms in total. The molecule has 6 atom stereocenters. The van der Waals surface area contributed by atoms with Crippen molar-refractivity contribution in [1.29, 1.82) is 0 Å². The van der Waals surface area contributed by atoms with Crippen LogP contribution in [0.4, 0.5) is 0 Å². The molecule has 3 aromatic rings. The fourth-order valence-corrected chi connectivity index (χ4v) is 6.84. The number of nitrogens with zero attached hydrogens (tertiary/aromatic N) is 2. The molecule has 0 spiro atoms. The topological polar surface area (TPSA) is 267 Å². The Hall–Kier alpha value is -2.53. The van der Waals surface area contributed by atoms with Crippen LogP contribution in [0.2, 0.25) is 0 Å². The Balaban J connectivity index is 1.48. The minimum atomic E-state index is -5.79. The third-order valence-electron chi connectivity index (χ3n) is 5.56. The number of aliphatic hydroxyl groups is 2. The number of phosphoric acid groups is 3. The molecule has 1 fully saturated rings. The number of furan rings is 1. The number of aromatic nitrogens is 2. The van der Waals surface area contributed by atoms with Crippen LogP contribution in [0, 0.1) is 0 Å². The number of hydrogen-bond donors (Lipinski definition) is 6. The van der Waals surface area contributed by atoms with Crippen LogP contribution in [0.5, 0.6) is 0 Å². The Morgan fingerprint density at radius 2 is 1.54 bits per heavy atom. The monoisotopic (exact) mass is 640 g/mol. The highest BCUT2D eigenvalue weighted by molar-refractivity contribution is 7.66. The Morgan fingerprint density at radius 1 is 0.854 bits per heavy atom. The molecular weight excluding hydrogens is 617 g/mol. The SMILES string of the molecule is O=c1ccn([C@@H]2O[C@H](COP(=O)(O)OP(=O)(O)OP(=O)(O)O)[C@H](O)C2O)c(=O)n1Cc1ccc(-c2ccccc2)o1. The molecule has 4 rings (SSSR count). The first-order valence-electron chi connectivity index (χ1n) is 11.3. The summed E-state index contributed by atoms with van der Waals surface area (Å²) in [7, 11) is -16.9. The van der Waals surface area contributed by atoms with Gasteiger partial charge in [-0.3, -0.25) is 18.5 Å². The van der Waals surface area contributed by atoms with Crippen molar-refractivity contribution >= 4 is 23.5 Å². The van der Waals surface area contributed by atoms with Gasteiger partial charge in [0.25, 0.3) is 5.56 Å². The molecule has 1 aliphatic heterocycles. The number of phosphoric ester groups is 1. The summed E-state index contributed by atoms with van der Waals surface area (Å²) in [6.07, 6.45) is -5.95. The summed E-state index contributed by atoms with van der Waals surface area (Å²) in [4.78, 5) is 61.6. The van der Waals surface area contributed by atoms with Gasteiger partial charge in [-0.15, -0.1) is 0 Å². The fraction of sp³-hybridized carbons (Fsp3) is 0.300. The van der Waals surface area contributed by atoms with Crippen LogP contribution in [-0.2, 0) is 38.1 Å². The van der Waals surface area contributed by atoms with E-state index in [4.69, 9.17) is 18.9 Å². The van der Waals surface area contributed by atoms with Crippen molar-refractivity contribution in [2.45, 2.75) is 31.1 Å². The van der Waals surface area contributed by atoms with E-state index in [1.165, 1.54) is 0 Å². The highest BCUT2D eigenvalue weighted by Crippen LogP contribution is 2.66. The maximum absolute atomic E-state index is 13.1. The summed E-state index contributed by atoms with van der Waals surface area (Å²) in [5, 5.41) is 20.8. The molecule has 3 unspecified atom stereocenters. The average Bonchev–Trinajstić information content (AvgIpc) is 3.44. The first-order valence-corrected chi connectivity index (χ1v) is 15.8. The van der Waals surface area contributed by atoms with Crippen molar-refractivity contribution in [2.24, 2.45) is 0 Å². The second-order valence-corrected chi connectivity index (χ2v) is 12.9. The molecule has 41 heavy (non-hydrogen) atoms. The zero-order valence-electron chi connectivity index (χ0n) is 20.4. The second kappa shape index (κ2) is 12.0. The fourth-order valence-electron chi connectivity index (χ4n) is 3.81. The Morgan fingerprint density at radius 3 is 2.20 bits per heavy atom. The molecule has 0 amide bonds. The lowest BCUT2D eigenvalue weighted by molar-refractivity contribution is -0.0547. The van der Waals surface area contributed by atoms with Crippen molar-refractivity contribution in [3.63, 3.8) is 0 Å². The number of aliphatic hydroxyl groups excluding tert-OH is 2. The zero-order valence-corrected chi connectivity index (χ0v) is 23.1. The molecule has 0 aliphatic carbocycles. The molecule has 0 radical (unpaired) electrons. The van der Waals surface area contributed by atoms with E-state index < -0.39 is 65.9 Å². The van der Waals surface area contributed by atoms with Gasteiger partial charge in [-0.05, 0) is 12.1 Å². The maximum atomic E-state index is 13.1. The van der Waals surface area contributed by atoms with E-state index in [-0.39, 0.29) is 12.3 Å². The van der Waals surface area contributed by atoms with E-state index in [1.807, 2.05) is 6.07 Å². The van der Waals surface area contributed by atoms with Crippen molar-refractivity contribution in [3.8, 4) is 11.3 Å². The van der Waals surface area contributed by atoms with E-state index in [1.54, 1.807) is 36.4 Å². The summed E-state index contributed by atoms with van der Waals surface area (Å²) < 4.78 is 58.4. The molecule has 224 valence electrons. The largest absolute Gasteiger partial charge is 0.490 e. The van der Waals surface area contributed by atoms with Crippen LogP contribution in [-0.4, -0.2) is 63.8 Å². The smallest absolute Gasteiger partial charge is 0.459 e. The van der Waals surface area contributed by atoms with E-state index in [0.29, 0.717) is 5.76 Å². The lowest BCUT2D eigenvalue weighted by Gasteiger charge is -2.19. The third-order valence-corrected chi connectivity index (χ3v) is 9.36. The van der Waals surface area contributed by atoms with Crippen molar-refractivity contribution < 1.29 is 65.8 Å². The van der Waals surface area contributed by atoms with Gasteiger partial charge in [0.2, 0.25) is 0 Å². The van der Waals surface area contributed by atoms with Gasteiger partial charge >= 0.3 is 29.2 Å². The van der Waals surface area contributed by atoms with Crippen molar-refractivity contribution in [3.05, 3.63) is 81.3 Å². The maximum Gasteiger partial charge on any atom is 0.490 e. The highest BCUT2D eigenvalue weighted by Gasteiger charge is 2.47. The summed E-state index contributed by atoms with van der Waals surface area (Å²) in [6, 6.07) is 13.2. The highest BCUT2D eigenvalue weighted by atomic mass is 31.3. The quantitative estimate of drug-likeness (QED) is 0.154. The lowest BCUT2D eigenvalue weighted by atomic mass is 10.1. The minimum absolute atomic E-state index is 0.252. The van der Waals surface area contributed by atoms with Crippen LogP contribution in [0.15, 0.2) is 68.7 Å². The van der Waals surface area contributed by atoms with Gasteiger partial charge in [0.1, 0.15) is 29.8 Å². The molecule has 3 heterocycles. The summed E-state index contributed by atoms with van der Waals surface area (Å²) >= 11 is 0. The van der Waals surface area contributed by atoms with Gasteiger partial charge in [0.15, 0.2) is 6.23 Å². The summed E-state index contributed by atoms with van der Waals surface area (Å²) in [5.41, 5.74) is -0.934. The Kier molecular flexibility index (Phi) is 9.18. The van der Waals surface area contributed by atoms with E-state index in [2.05, 4.69) is 13.1 Å². The van der Waals surface area contributed by atoms with Crippen molar-refractivity contribution in [2.75, 3.05) is 6.61 Å². The van der Waals surface area contributed by atoms with Gasteiger partial charge in [0.05, 0.1) is 13.2 Å². The number of ether oxygens (including phenoxy) is 1. The number of benzene rings is 1. The number of rotatable bonds is 11. The molecule has 0 bridgehead atoms. The molecule has 1 saturated heterocycles. The van der Waals surface area contributed by atoms with E-state index in [0.717, 1.165) is 27.0 Å². The predicted octanol–water partition coefficient (Wildman–Crippen LogP) is 0.281. The third kappa shape index (κ3) is 7.85. The molecule has 0 saturated carbocycles. The van der Waals surface area contributed by atoms with Gasteiger partial charge in [-0.1, -0.05) is 30.3 Å². The standard InChI is InChI=1S/C20H23N2O16P3/c23-16-8-9-21(20(26)22(16)10-13-6-7-14(35-13)12-4-2-1-3-5-12)19-18(25)17(24)15(36-19)11-34-40(30,31)38-41(32,33)37-39(27,28)29/h1-9,15,17-19,24-25H,10-11H2,(H,30,31)(H,32,33)(H2,27,28,29)/t15-,17+,18?,19-/m1/s1. The molecular formula is C20H23N2O16P3. The van der Waals surface area contributed by atoms with Crippen LogP contribution in [0.1, 0.15) is 12.0 Å². The molecule has 6 N–H and O–H groups in total. The minimum Gasteiger partial charge on any atom is -0.459 e. The van der Waals surface area contributed by atoms with Gasteiger partial charge < -0.3 is 38.9 Å². The van der Waals surface area contributed by atoms with Gasteiger partial charge in [-0.25, -0.2) is 18.5 Å². The van der Waals surface area contributed by atoms with Crippen LogP contribution in [0.3, 0.4) is 0 Å². The Bertz CT molecular complexity index is 1650. The molecule has 1 aliphatic rings. The summed E-state index contributed by atoms with van der Waals surface area (Å²) in [6.45, 7) is -1.38. The zero-order chi connectivity index (χ0) is 30.2. The van der Waals surface area contributed by atoms with E-state index in [9.17, 15) is 43.3 Å². The predicted molar refractivity (Wildman–Crippen MR) is 134 cm³/mol. The first-order chi connectivity index (χ1) is 19.1. The average molecular weight is 640 g/mol. The summed E-state index contributed by atoms with van der Waals surface area (Å²) in [5.74, 6) is 0.740. The normalized spacial score (nSPS) is 24.1. The molecule has 21 heteroatoms. The molecule has 2 aromatic heterocycles. The number of hydrogen-bond acceptors (Lipinski definition) is 12. The van der Waals surface area contributed by atoms with Crippen molar-refractivity contribution in [1.82, 2.24) is 9.13 Å². The van der Waals surface area contributed by atoms with E-state index >= 15 is 0 Å². The Labute approximate surface area is 229 Å². The first kappa shape index (κ1) is 31.4. The molecule has 1 aromatic carbocycles. The van der Waals surface area contributed by atoms with Gasteiger partial charge in [0, 0.05) is 17.8 Å². The van der Waals surface area contributed by atoms with Crippen LogP contribution < -0.4 is 11.2 Å². The van der Waals surface area contributed by atoms with Crippen LogP contribution >= 0.6 is 23.5 Å². The van der Waals surface area contributed by atoms with Gasteiger partial charge in [-0.2, -0.15) is 8.62 Å².